The maximum atomic E-state index is 12.4. The van der Waals surface area contributed by atoms with E-state index in [4.69, 9.17) is 4.74 Å². The van der Waals surface area contributed by atoms with Gasteiger partial charge in [-0.25, -0.2) is 0 Å². The predicted molar refractivity (Wildman–Crippen MR) is 91.1 cm³/mol. The van der Waals surface area contributed by atoms with Gasteiger partial charge in [-0.3, -0.25) is 19.3 Å². The molecule has 0 atom stereocenters. The maximum Gasteiger partial charge on any atom is 0.316 e. The van der Waals surface area contributed by atoms with Gasteiger partial charge in [0.1, 0.15) is 5.75 Å². The van der Waals surface area contributed by atoms with E-state index in [1.165, 1.54) is 11.0 Å². The molecule has 2 aliphatic rings. The highest BCUT2D eigenvalue weighted by Gasteiger charge is 2.47. The van der Waals surface area contributed by atoms with E-state index >= 15 is 0 Å². The molecule has 0 spiro atoms. The Bertz CT molecular complexity index is 825. The summed E-state index contributed by atoms with van der Waals surface area (Å²) < 4.78 is 5.44. The van der Waals surface area contributed by atoms with Gasteiger partial charge < -0.3 is 4.74 Å². The lowest BCUT2D eigenvalue weighted by atomic mass is 9.89. The third-order valence-electron chi connectivity index (χ3n) is 4.34. The Balaban J connectivity index is 2.16. The third kappa shape index (κ3) is 2.27. The lowest BCUT2D eigenvalue weighted by Crippen LogP contribution is -2.47. The van der Waals surface area contributed by atoms with Crippen molar-refractivity contribution in [1.29, 1.82) is 0 Å². The minimum Gasteiger partial charge on any atom is -0.426 e. The summed E-state index contributed by atoms with van der Waals surface area (Å²) in [6.45, 7) is 11.0. The molecule has 0 aliphatic carbocycles. The van der Waals surface area contributed by atoms with E-state index in [0.717, 1.165) is 11.1 Å². The third-order valence-corrected chi connectivity index (χ3v) is 4.34. The summed E-state index contributed by atoms with van der Waals surface area (Å²) in [4.78, 5) is 38.5. The molecule has 0 fully saturated rings. The molecule has 0 bridgehead atoms. The van der Waals surface area contributed by atoms with Crippen molar-refractivity contribution < 1.29 is 19.1 Å². The molecule has 1 aromatic rings. The van der Waals surface area contributed by atoms with E-state index in [9.17, 15) is 14.4 Å². The number of ketones is 1. The monoisotopic (exact) mass is 327 g/mol. The Kier molecular flexibility index (Phi) is 3.28. The molecule has 0 radical (unpaired) electrons. The first-order valence-corrected chi connectivity index (χ1v) is 7.92. The summed E-state index contributed by atoms with van der Waals surface area (Å²) >= 11 is 0. The highest BCUT2D eigenvalue weighted by molar-refractivity contribution is 6.53. The molecule has 0 N–H and O–H groups in total. The quantitative estimate of drug-likeness (QED) is 0.451. The van der Waals surface area contributed by atoms with Crippen molar-refractivity contribution in [3.63, 3.8) is 0 Å². The summed E-state index contributed by atoms with van der Waals surface area (Å²) in [6.07, 6.45) is 1.95. The molecule has 3 rings (SSSR count). The molecule has 0 aromatic heterocycles. The van der Waals surface area contributed by atoms with Crippen LogP contribution in [0.25, 0.3) is 5.57 Å². The molecule has 0 saturated carbocycles. The maximum absolute atomic E-state index is 12.4. The molecule has 5 heteroatoms. The lowest BCUT2D eigenvalue weighted by Gasteiger charge is -2.38. The Labute approximate surface area is 141 Å². The van der Waals surface area contributed by atoms with Gasteiger partial charge in [-0.2, -0.15) is 0 Å². The fraction of sp³-hybridized carbons (Fsp3) is 0.421. The number of esters is 1. The highest BCUT2D eigenvalue weighted by Crippen LogP contribution is 2.46. The first kappa shape index (κ1) is 16.4. The number of carbonyl (C=O) groups is 3. The minimum atomic E-state index is -0.658. The van der Waals surface area contributed by atoms with Gasteiger partial charge in [0.15, 0.2) is 0 Å². The number of allylic oxidation sites excluding steroid dienone is 1. The zero-order valence-corrected chi connectivity index (χ0v) is 14.8. The fourth-order valence-electron chi connectivity index (χ4n) is 3.18. The average molecular weight is 327 g/mol. The number of benzene rings is 1. The van der Waals surface area contributed by atoms with Gasteiger partial charge in [0.2, 0.25) is 0 Å². The molecule has 2 heterocycles. The fourth-order valence-corrected chi connectivity index (χ4v) is 3.18. The summed E-state index contributed by atoms with van der Waals surface area (Å²) in [5.74, 6) is -1.20. The van der Waals surface area contributed by atoms with Crippen molar-refractivity contribution in [2.45, 2.75) is 47.1 Å². The first-order chi connectivity index (χ1) is 10.9. The number of carbonyl (C=O) groups excluding carboxylic acids is 3. The van der Waals surface area contributed by atoms with E-state index in [0.29, 0.717) is 17.0 Å². The summed E-state index contributed by atoms with van der Waals surface area (Å²) in [5.41, 5.74) is 1.39. The number of amides is 1. The number of ether oxygens (including phenoxy) is 1. The van der Waals surface area contributed by atoms with Crippen LogP contribution in [0.2, 0.25) is 0 Å². The Morgan fingerprint density at radius 2 is 1.71 bits per heavy atom. The minimum absolute atomic E-state index is 0.291. The van der Waals surface area contributed by atoms with E-state index in [1.54, 1.807) is 26.8 Å². The van der Waals surface area contributed by atoms with E-state index in [-0.39, 0.29) is 5.97 Å². The number of rotatable bonds is 1. The van der Waals surface area contributed by atoms with Crippen LogP contribution in [0.1, 0.15) is 57.5 Å². The number of hydrogen-bond donors (Lipinski definition) is 0. The molecule has 0 saturated heterocycles. The number of hydrogen-bond acceptors (Lipinski definition) is 4. The van der Waals surface area contributed by atoms with Crippen LogP contribution in [-0.4, -0.2) is 23.2 Å². The highest BCUT2D eigenvalue weighted by atomic mass is 16.5. The summed E-state index contributed by atoms with van der Waals surface area (Å²) in [7, 11) is 0. The molecule has 1 aromatic carbocycles. The van der Waals surface area contributed by atoms with Gasteiger partial charge in [-0.15, -0.1) is 0 Å². The van der Waals surface area contributed by atoms with Crippen molar-refractivity contribution in [3.05, 3.63) is 29.3 Å². The lowest BCUT2D eigenvalue weighted by molar-refractivity contribution is -0.143. The zero-order valence-electron chi connectivity index (χ0n) is 14.8. The van der Waals surface area contributed by atoms with Crippen molar-refractivity contribution >= 4 is 28.9 Å². The largest absolute Gasteiger partial charge is 0.426 e. The topological polar surface area (TPSA) is 63.7 Å². The second kappa shape index (κ2) is 4.79. The number of nitrogens with zero attached hydrogens (tertiary/aromatic N) is 1. The van der Waals surface area contributed by atoms with Crippen molar-refractivity contribution in [2.24, 2.45) is 5.41 Å². The van der Waals surface area contributed by atoms with E-state index < -0.39 is 22.6 Å². The summed E-state index contributed by atoms with van der Waals surface area (Å²) in [5, 5.41) is 0. The average Bonchev–Trinajstić information content (AvgIpc) is 2.69. The van der Waals surface area contributed by atoms with Crippen LogP contribution < -0.4 is 9.64 Å². The SMILES string of the molecule is CC1=CC(C)(C)N2C(=O)C(=O)c3cc(OC(=O)C(C)(C)C)cc1c32. The van der Waals surface area contributed by atoms with Gasteiger partial charge in [0.05, 0.1) is 22.2 Å². The van der Waals surface area contributed by atoms with E-state index in [2.05, 4.69) is 0 Å². The molecule has 24 heavy (non-hydrogen) atoms. The Morgan fingerprint density at radius 3 is 2.29 bits per heavy atom. The normalized spacial score (nSPS) is 18.4. The van der Waals surface area contributed by atoms with E-state index in [1.807, 2.05) is 26.8 Å². The second-order valence-corrected chi connectivity index (χ2v) is 7.96. The molecule has 126 valence electrons. The van der Waals surface area contributed by atoms with Crippen molar-refractivity contribution in [3.8, 4) is 5.75 Å². The first-order valence-electron chi connectivity index (χ1n) is 7.92. The van der Waals surface area contributed by atoms with Crippen LogP contribution >= 0.6 is 0 Å². The predicted octanol–water partition coefficient (Wildman–Crippen LogP) is 3.36. The van der Waals surface area contributed by atoms with Gasteiger partial charge in [0, 0.05) is 5.56 Å². The summed E-state index contributed by atoms with van der Waals surface area (Å²) in [6, 6.07) is 3.22. The molecular weight excluding hydrogens is 306 g/mol. The number of Topliss-reactive ketones (excluding diaryl/α,β-unsaturated/α-hetero) is 1. The van der Waals surface area contributed by atoms with Crippen LogP contribution in [0, 0.1) is 5.41 Å². The zero-order chi connectivity index (χ0) is 18.0. The van der Waals surface area contributed by atoms with Gasteiger partial charge >= 0.3 is 5.97 Å². The molecule has 1 amide bonds. The second-order valence-electron chi connectivity index (χ2n) is 7.96. The van der Waals surface area contributed by atoms with Crippen LogP contribution in [-0.2, 0) is 9.59 Å². The van der Waals surface area contributed by atoms with Crippen LogP contribution in [0.15, 0.2) is 18.2 Å². The van der Waals surface area contributed by atoms with Gasteiger partial charge in [-0.1, -0.05) is 6.08 Å². The Morgan fingerprint density at radius 1 is 1.12 bits per heavy atom. The molecule has 2 aliphatic heterocycles. The van der Waals surface area contributed by atoms with Crippen LogP contribution in [0.3, 0.4) is 0 Å². The standard InChI is InChI=1S/C19H21NO4/c1-10-9-19(5,6)20-14-12(10)7-11(24-17(23)18(2,3)4)8-13(14)15(21)16(20)22/h7-9H,1-6H3. The Hall–Kier alpha value is -2.43. The van der Waals surface area contributed by atoms with Gasteiger partial charge in [0.25, 0.3) is 11.7 Å². The smallest absolute Gasteiger partial charge is 0.316 e. The van der Waals surface area contributed by atoms with Crippen molar-refractivity contribution in [2.75, 3.05) is 4.90 Å². The number of anilines is 1. The van der Waals surface area contributed by atoms with Crippen LogP contribution in [0.5, 0.6) is 5.75 Å². The van der Waals surface area contributed by atoms with Crippen molar-refractivity contribution in [1.82, 2.24) is 0 Å². The van der Waals surface area contributed by atoms with Crippen LogP contribution in [0.4, 0.5) is 5.69 Å². The van der Waals surface area contributed by atoms with Gasteiger partial charge in [-0.05, 0) is 59.2 Å². The molecular formula is C19H21NO4. The molecule has 0 unspecified atom stereocenters. The molecule has 5 nitrogen and oxygen atoms in total.